The number of pyridine rings is 1. The Morgan fingerprint density at radius 3 is 2.88 bits per heavy atom. The quantitative estimate of drug-likeness (QED) is 0.690. The van der Waals surface area contributed by atoms with Crippen molar-refractivity contribution >= 4 is 16.9 Å². The van der Waals surface area contributed by atoms with E-state index in [1.54, 1.807) is 6.20 Å². The van der Waals surface area contributed by atoms with Crippen molar-refractivity contribution < 1.29 is 9.90 Å². The molecule has 1 aliphatic carbocycles. The van der Waals surface area contributed by atoms with Crippen molar-refractivity contribution in [3.63, 3.8) is 0 Å². The topological polar surface area (TPSA) is 74.2 Å². The van der Waals surface area contributed by atoms with Gasteiger partial charge in [-0.05, 0) is 22.8 Å². The molecule has 1 heterocycles. The van der Waals surface area contributed by atoms with Gasteiger partial charge in [-0.3, -0.25) is 4.98 Å². The lowest BCUT2D eigenvalue weighted by atomic mass is 10.1. The van der Waals surface area contributed by atoms with E-state index >= 15 is 0 Å². The van der Waals surface area contributed by atoms with Crippen LogP contribution in [0, 0.1) is 0 Å². The van der Waals surface area contributed by atoms with Gasteiger partial charge in [0.2, 0.25) is 0 Å². The summed E-state index contributed by atoms with van der Waals surface area (Å²) < 4.78 is 0. The second kappa shape index (κ2) is 6.53. The molecule has 3 aromatic rings. The number of aliphatic hydroxyl groups excluding tert-OH is 1. The summed E-state index contributed by atoms with van der Waals surface area (Å²) in [7, 11) is 0. The molecule has 25 heavy (non-hydrogen) atoms. The summed E-state index contributed by atoms with van der Waals surface area (Å²) >= 11 is 0. The van der Waals surface area contributed by atoms with Crippen molar-refractivity contribution in [1.82, 2.24) is 15.6 Å². The van der Waals surface area contributed by atoms with Crippen molar-refractivity contribution in [2.24, 2.45) is 0 Å². The number of carbonyl (C=O) groups excluding carboxylic acids is 1. The predicted molar refractivity (Wildman–Crippen MR) is 96.0 cm³/mol. The van der Waals surface area contributed by atoms with Crippen LogP contribution < -0.4 is 10.6 Å². The molecule has 0 saturated heterocycles. The summed E-state index contributed by atoms with van der Waals surface area (Å²) in [5, 5.41) is 17.0. The number of hydrogen-bond acceptors (Lipinski definition) is 3. The predicted octanol–water partition coefficient (Wildman–Crippen LogP) is 2.69. The van der Waals surface area contributed by atoms with Gasteiger partial charge in [0, 0.05) is 24.5 Å². The molecule has 0 bridgehead atoms. The fourth-order valence-corrected chi connectivity index (χ4v) is 3.43. The van der Waals surface area contributed by atoms with Crippen molar-refractivity contribution in [3.8, 4) is 0 Å². The number of para-hydroxylation sites is 1. The zero-order valence-corrected chi connectivity index (χ0v) is 13.6. The van der Waals surface area contributed by atoms with E-state index in [4.69, 9.17) is 0 Å². The van der Waals surface area contributed by atoms with Gasteiger partial charge in [0.05, 0.1) is 17.7 Å². The molecule has 0 aliphatic heterocycles. The van der Waals surface area contributed by atoms with E-state index in [-0.39, 0.29) is 12.1 Å². The highest BCUT2D eigenvalue weighted by Gasteiger charge is 2.31. The Balaban J connectivity index is 1.45. The van der Waals surface area contributed by atoms with Crippen molar-refractivity contribution in [2.75, 3.05) is 0 Å². The van der Waals surface area contributed by atoms with Crippen LogP contribution in [0.4, 0.5) is 4.79 Å². The molecule has 1 aromatic heterocycles. The van der Waals surface area contributed by atoms with E-state index in [1.165, 1.54) is 0 Å². The first-order valence-electron chi connectivity index (χ1n) is 8.35. The number of urea groups is 1. The highest BCUT2D eigenvalue weighted by atomic mass is 16.3. The highest BCUT2D eigenvalue weighted by Crippen LogP contribution is 2.31. The van der Waals surface area contributed by atoms with E-state index in [9.17, 15) is 9.90 Å². The largest absolute Gasteiger partial charge is 0.390 e. The van der Waals surface area contributed by atoms with Gasteiger partial charge in [-0.15, -0.1) is 0 Å². The molecule has 0 saturated carbocycles. The van der Waals surface area contributed by atoms with Gasteiger partial charge in [0.15, 0.2) is 0 Å². The zero-order chi connectivity index (χ0) is 17.2. The molecule has 0 fully saturated rings. The second-order valence-corrected chi connectivity index (χ2v) is 6.27. The van der Waals surface area contributed by atoms with Crippen LogP contribution in [0.15, 0.2) is 60.8 Å². The van der Waals surface area contributed by atoms with Crippen molar-refractivity contribution in [2.45, 2.75) is 25.1 Å². The Bertz CT molecular complexity index is 920. The Labute approximate surface area is 145 Å². The summed E-state index contributed by atoms with van der Waals surface area (Å²) in [6.07, 6.45) is 1.72. The number of hydrogen-bond donors (Lipinski definition) is 3. The molecule has 1 aliphatic rings. The van der Waals surface area contributed by atoms with Crippen LogP contribution in [0.25, 0.3) is 10.9 Å². The second-order valence-electron chi connectivity index (χ2n) is 6.27. The Morgan fingerprint density at radius 2 is 1.96 bits per heavy atom. The lowest BCUT2D eigenvalue weighted by Gasteiger charge is -2.18. The summed E-state index contributed by atoms with van der Waals surface area (Å²) in [6.45, 7) is 0.380. The zero-order valence-electron chi connectivity index (χ0n) is 13.6. The standard InChI is InChI=1S/C20H19N3O2/c24-17-11-14-5-1-2-9-16(14)19(17)23-20(25)22-12-15-7-3-6-13-8-4-10-21-18(13)15/h1-10,17,19,24H,11-12H2,(H2,22,23,25). The molecule has 2 unspecified atom stereocenters. The third kappa shape index (κ3) is 3.06. The highest BCUT2D eigenvalue weighted by molar-refractivity contribution is 5.82. The summed E-state index contributed by atoms with van der Waals surface area (Å²) in [6, 6.07) is 16.9. The molecule has 5 nitrogen and oxygen atoms in total. The average molecular weight is 333 g/mol. The van der Waals surface area contributed by atoms with E-state index in [0.717, 1.165) is 27.6 Å². The third-order valence-electron chi connectivity index (χ3n) is 4.65. The molecular formula is C20H19N3O2. The van der Waals surface area contributed by atoms with E-state index in [1.807, 2.05) is 54.6 Å². The maximum Gasteiger partial charge on any atom is 0.315 e. The fourth-order valence-electron chi connectivity index (χ4n) is 3.43. The molecular weight excluding hydrogens is 314 g/mol. The number of rotatable bonds is 3. The molecule has 3 N–H and O–H groups in total. The van der Waals surface area contributed by atoms with E-state index in [0.29, 0.717) is 13.0 Å². The molecule has 5 heteroatoms. The maximum absolute atomic E-state index is 12.3. The molecule has 126 valence electrons. The Morgan fingerprint density at radius 1 is 1.12 bits per heavy atom. The monoisotopic (exact) mass is 333 g/mol. The molecule has 0 radical (unpaired) electrons. The smallest absolute Gasteiger partial charge is 0.315 e. The maximum atomic E-state index is 12.3. The lowest BCUT2D eigenvalue weighted by molar-refractivity contribution is 0.142. The first-order chi connectivity index (χ1) is 12.2. The van der Waals surface area contributed by atoms with Gasteiger partial charge in [-0.2, -0.15) is 0 Å². The molecule has 2 aromatic carbocycles. The number of aromatic nitrogens is 1. The molecule has 0 spiro atoms. The number of aliphatic hydroxyl groups is 1. The summed E-state index contributed by atoms with van der Waals surface area (Å²) in [5.41, 5.74) is 3.91. The number of amides is 2. The van der Waals surface area contributed by atoms with Gasteiger partial charge < -0.3 is 15.7 Å². The van der Waals surface area contributed by atoms with Gasteiger partial charge >= 0.3 is 6.03 Å². The minimum Gasteiger partial charge on any atom is -0.390 e. The molecule has 4 rings (SSSR count). The van der Waals surface area contributed by atoms with Crippen LogP contribution in [0.1, 0.15) is 22.7 Å². The van der Waals surface area contributed by atoms with Crippen LogP contribution in [0.5, 0.6) is 0 Å². The number of benzene rings is 2. The summed E-state index contributed by atoms with van der Waals surface area (Å²) in [5.74, 6) is 0. The fraction of sp³-hybridized carbons (Fsp3) is 0.200. The SMILES string of the molecule is O=C(NCc1cccc2cccnc12)NC1c2ccccc2CC1O. The van der Waals surface area contributed by atoms with Gasteiger partial charge in [0.1, 0.15) is 0 Å². The molecule has 2 atom stereocenters. The normalized spacial score (nSPS) is 18.8. The van der Waals surface area contributed by atoms with E-state index < -0.39 is 6.10 Å². The van der Waals surface area contributed by atoms with Gasteiger partial charge in [0.25, 0.3) is 0 Å². The number of nitrogens with one attached hydrogen (secondary N) is 2. The van der Waals surface area contributed by atoms with Crippen molar-refractivity contribution in [1.29, 1.82) is 0 Å². The lowest BCUT2D eigenvalue weighted by Crippen LogP contribution is -2.40. The first-order valence-corrected chi connectivity index (χ1v) is 8.35. The van der Waals surface area contributed by atoms with Crippen LogP contribution in [0.3, 0.4) is 0 Å². The Kier molecular flexibility index (Phi) is 4.07. The number of fused-ring (bicyclic) bond motifs is 2. The van der Waals surface area contributed by atoms with Crippen LogP contribution >= 0.6 is 0 Å². The first kappa shape index (κ1) is 15.6. The average Bonchev–Trinajstić information content (AvgIpc) is 2.95. The van der Waals surface area contributed by atoms with Crippen LogP contribution in [-0.4, -0.2) is 22.2 Å². The third-order valence-corrected chi connectivity index (χ3v) is 4.65. The Hall–Kier alpha value is -2.92. The minimum atomic E-state index is -0.595. The number of nitrogens with zero attached hydrogens (tertiary/aromatic N) is 1. The van der Waals surface area contributed by atoms with Gasteiger partial charge in [-0.1, -0.05) is 48.5 Å². The van der Waals surface area contributed by atoms with Crippen LogP contribution in [-0.2, 0) is 13.0 Å². The molecule has 2 amide bonds. The van der Waals surface area contributed by atoms with Gasteiger partial charge in [-0.25, -0.2) is 4.79 Å². The summed E-state index contributed by atoms with van der Waals surface area (Å²) in [4.78, 5) is 16.7. The van der Waals surface area contributed by atoms with Crippen molar-refractivity contribution in [3.05, 3.63) is 77.5 Å². The minimum absolute atomic E-state index is 0.298. The van der Waals surface area contributed by atoms with Crippen LogP contribution in [0.2, 0.25) is 0 Å². The van der Waals surface area contributed by atoms with E-state index in [2.05, 4.69) is 15.6 Å². The number of carbonyl (C=O) groups is 1.